The average Bonchev–Trinajstić information content (AvgIpc) is 2.87. The van der Waals surface area contributed by atoms with Crippen molar-refractivity contribution in [2.75, 3.05) is 11.1 Å². The predicted octanol–water partition coefficient (Wildman–Crippen LogP) is 0.259. The molecule has 2 rings (SSSR count). The molecule has 0 radical (unpaired) electrons. The standard InChI is InChI=1S/C9H9N5O3S/c10-9-13-6(4-18-9)8(17)12-5-1-11-14(2-5)3-7(15)16/h1-2,4H,3H2,(H2,10,13)(H,12,17)(H,15,16). The van der Waals surface area contributed by atoms with Crippen molar-refractivity contribution in [2.24, 2.45) is 0 Å². The highest BCUT2D eigenvalue weighted by molar-refractivity contribution is 7.13. The third-order valence-electron chi connectivity index (χ3n) is 1.94. The van der Waals surface area contributed by atoms with Gasteiger partial charge in [-0.2, -0.15) is 5.10 Å². The molecule has 8 nitrogen and oxygen atoms in total. The molecule has 0 fully saturated rings. The first-order chi connectivity index (χ1) is 8.54. The van der Waals surface area contributed by atoms with E-state index in [4.69, 9.17) is 10.8 Å². The molecule has 2 aromatic heterocycles. The number of carbonyl (C=O) groups excluding carboxylic acids is 1. The number of nitrogens with two attached hydrogens (primary N) is 1. The first kappa shape index (κ1) is 12.0. The van der Waals surface area contributed by atoms with Crippen LogP contribution in [0, 0.1) is 0 Å². The Bertz CT molecular complexity index is 591. The van der Waals surface area contributed by atoms with Crippen molar-refractivity contribution >= 4 is 34.0 Å². The topological polar surface area (TPSA) is 123 Å². The van der Waals surface area contributed by atoms with E-state index in [0.717, 1.165) is 11.3 Å². The summed E-state index contributed by atoms with van der Waals surface area (Å²) >= 11 is 1.16. The zero-order valence-electron chi connectivity index (χ0n) is 9.03. The van der Waals surface area contributed by atoms with Gasteiger partial charge in [0.1, 0.15) is 12.2 Å². The molecule has 0 bridgehead atoms. The molecule has 18 heavy (non-hydrogen) atoms. The minimum absolute atomic E-state index is 0.212. The molecule has 0 aliphatic rings. The summed E-state index contributed by atoms with van der Waals surface area (Å²) in [4.78, 5) is 26.0. The fraction of sp³-hybridized carbons (Fsp3) is 0.111. The first-order valence-corrected chi connectivity index (χ1v) is 5.69. The summed E-state index contributed by atoms with van der Waals surface area (Å²) < 4.78 is 1.20. The van der Waals surface area contributed by atoms with E-state index in [-0.39, 0.29) is 12.2 Å². The van der Waals surface area contributed by atoms with E-state index in [1.54, 1.807) is 0 Å². The Kier molecular flexibility index (Phi) is 3.24. The monoisotopic (exact) mass is 267 g/mol. The lowest BCUT2D eigenvalue weighted by atomic mass is 10.4. The van der Waals surface area contributed by atoms with Crippen LogP contribution in [0.1, 0.15) is 10.5 Å². The Balaban J connectivity index is 2.03. The van der Waals surface area contributed by atoms with Crippen LogP contribution in [0.3, 0.4) is 0 Å². The largest absolute Gasteiger partial charge is 0.480 e. The summed E-state index contributed by atoms with van der Waals surface area (Å²) in [5.74, 6) is -1.43. The van der Waals surface area contributed by atoms with E-state index in [2.05, 4.69) is 15.4 Å². The van der Waals surface area contributed by atoms with E-state index in [1.807, 2.05) is 0 Å². The molecule has 0 aliphatic heterocycles. The number of amides is 1. The molecule has 0 atom stereocenters. The van der Waals surface area contributed by atoms with Crippen LogP contribution in [0.2, 0.25) is 0 Å². The molecule has 0 aliphatic carbocycles. The maximum absolute atomic E-state index is 11.7. The van der Waals surface area contributed by atoms with Crippen LogP contribution in [-0.4, -0.2) is 31.7 Å². The van der Waals surface area contributed by atoms with Gasteiger partial charge in [0.25, 0.3) is 5.91 Å². The summed E-state index contributed by atoms with van der Waals surface area (Å²) in [5, 5.41) is 16.7. The third kappa shape index (κ3) is 2.83. The quantitative estimate of drug-likeness (QED) is 0.730. The number of thiazole rings is 1. The summed E-state index contributed by atoms with van der Waals surface area (Å²) in [5.41, 5.74) is 6.02. The zero-order chi connectivity index (χ0) is 13.1. The second-order valence-corrected chi connectivity index (χ2v) is 4.24. The van der Waals surface area contributed by atoms with Gasteiger partial charge in [0.2, 0.25) is 0 Å². The number of hydrogen-bond acceptors (Lipinski definition) is 6. The maximum atomic E-state index is 11.7. The van der Waals surface area contributed by atoms with Gasteiger partial charge in [0.05, 0.1) is 11.9 Å². The Morgan fingerprint density at radius 2 is 2.33 bits per heavy atom. The number of nitrogens with one attached hydrogen (secondary N) is 1. The van der Waals surface area contributed by atoms with Gasteiger partial charge in [-0.1, -0.05) is 0 Å². The molecule has 0 aromatic carbocycles. The third-order valence-corrected chi connectivity index (χ3v) is 2.62. The van der Waals surface area contributed by atoms with Crippen LogP contribution in [0.4, 0.5) is 10.8 Å². The highest BCUT2D eigenvalue weighted by atomic mass is 32.1. The van der Waals surface area contributed by atoms with Gasteiger partial charge in [-0.05, 0) is 0 Å². The highest BCUT2D eigenvalue weighted by Gasteiger charge is 2.11. The number of hydrogen-bond donors (Lipinski definition) is 3. The van der Waals surface area contributed by atoms with Gasteiger partial charge >= 0.3 is 5.97 Å². The normalized spacial score (nSPS) is 10.2. The zero-order valence-corrected chi connectivity index (χ0v) is 9.85. The summed E-state index contributed by atoms with van der Waals surface area (Å²) in [6.45, 7) is -0.264. The molecular weight excluding hydrogens is 258 g/mol. The second-order valence-electron chi connectivity index (χ2n) is 3.35. The predicted molar refractivity (Wildman–Crippen MR) is 64.3 cm³/mol. The molecule has 0 unspecified atom stereocenters. The number of carbonyl (C=O) groups is 2. The van der Waals surface area contributed by atoms with Gasteiger partial charge in [0, 0.05) is 11.6 Å². The lowest BCUT2D eigenvalue weighted by molar-refractivity contribution is -0.137. The second kappa shape index (κ2) is 4.84. The molecule has 4 N–H and O–H groups in total. The number of anilines is 2. The number of carboxylic acid groups (broad SMARTS) is 1. The molecule has 2 heterocycles. The molecule has 0 saturated heterocycles. The summed E-state index contributed by atoms with van der Waals surface area (Å²) in [6, 6.07) is 0. The van der Waals surface area contributed by atoms with Crippen molar-refractivity contribution in [1.82, 2.24) is 14.8 Å². The molecule has 2 aromatic rings. The lowest BCUT2D eigenvalue weighted by Crippen LogP contribution is -2.12. The van der Waals surface area contributed by atoms with E-state index < -0.39 is 11.9 Å². The van der Waals surface area contributed by atoms with E-state index in [1.165, 1.54) is 22.5 Å². The van der Waals surface area contributed by atoms with Crippen LogP contribution in [0.25, 0.3) is 0 Å². The first-order valence-electron chi connectivity index (χ1n) is 4.81. The van der Waals surface area contributed by atoms with Gasteiger partial charge in [-0.3, -0.25) is 14.3 Å². The van der Waals surface area contributed by atoms with Crippen LogP contribution in [0.15, 0.2) is 17.8 Å². The number of carboxylic acids is 1. The number of nitrogen functional groups attached to an aromatic ring is 1. The molecule has 1 amide bonds. The number of aromatic nitrogens is 3. The molecule has 9 heteroatoms. The van der Waals surface area contributed by atoms with E-state index >= 15 is 0 Å². The van der Waals surface area contributed by atoms with Crippen molar-refractivity contribution in [1.29, 1.82) is 0 Å². The molecule has 0 saturated carbocycles. The summed E-state index contributed by atoms with van der Waals surface area (Å²) in [6.07, 6.45) is 2.78. The van der Waals surface area contributed by atoms with Crippen molar-refractivity contribution in [3.63, 3.8) is 0 Å². The van der Waals surface area contributed by atoms with Crippen molar-refractivity contribution in [3.8, 4) is 0 Å². The Labute approximate surface area is 105 Å². The Morgan fingerprint density at radius 1 is 1.56 bits per heavy atom. The Morgan fingerprint density at radius 3 is 2.94 bits per heavy atom. The maximum Gasteiger partial charge on any atom is 0.325 e. The van der Waals surface area contributed by atoms with Crippen LogP contribution >= 0.6 is 11.3 Å². The van der Waals surface area contributed by atoms with Crippen molar-refractivity contribution in [2.45, 2.75) is 6.54 Å². The number of aliphatic carboxylic acids is 1. The fourth-order valence-electron chi connectivity index (χ4n) is 1.24. The van der Waals surface area contributed by atoms with Gasteiger partial charge in [0.15, 0.2) is 5.13 Å². The minimum Gasteiger partial charge on any atom is -0.480 e. The average molecular weight is 267 g/mol. The number of nitrogens with zero attached hydrogens (tertiary/aromatic N) is 3. The van der Waals surface area contributed by atoms with Crippen LogP contribution < -0.4 is 11.1 Å². The van der Waals surface area contributed by atoms with Crippen LogP contribution in [0.5, 0.6) is 0 Å². The smallest absolute Gasteiger partial charge is 0.325 e. The van der Waals surface area contributed by atoms with Crippen LogP contribution in [-0.2, 0) is 11.3 Å². The van der Waals surface area contributed by atoms with Gasteiger partial charge in [-0.15, -0.1) is 11.3 Å². The van der Waals surface area contributed by atoms with Crippen molar-refractivity contribution < 1.29 is 14.7 Å². The number of rotatable bonds is 4. The fourth-order valence-corrected chi connectivity index (χ4v) is 1.78. The highest BCUT2D eigenvalue weighted by Crippen LogP contribution is 2.13. The van der Waals surface area contributed by atoms with Gasteiger partial charge < -0.3 is 16.2 Å². The summed E-state index contributed by atoms with van der Waals surface area (Å²) in [7, 11) is 0. The SMILES string of the molecule is Nc1nc(C(=O)Nc2cnn(CC(=O)O)c2)cs1. The lowest BCUT2D eigenvalue weighted by Gasteiger charge is -1.98. The Hall–Kier alpha value is -2.42. The molecule has 0 spiro atoms. The minimum atomic E-state index is -1.01. The van der Waals surface area contributed by atoms with Crippen molar-refractivity contribution in [3.05, 3.63) is 23.5 Å². The van der Waals surface area contributed by atoms with E-state index in [0.29, 0.717) is 10.8 Å². The van der Waals surface area contributed by atoms with E-state index in [9.17, 15) is 9.59 Å². The molecular formula is C9H9N5O3S. The van der Waals surface area contributed by atoms with Gasteiger partial charge in [-0.25, -0.2) is 4.98 Å². The molecule has 94 valence electrons.